The summed E-state index contributed by atoms with van der Waals surface area (Å²) < 4.78 is 0.744. The molecule has 1 amide bonds. The Hall–Kier alpha value is -0.290. The lowest BCUT2D eigenvalue weighted by Crippen LogP contribution is -2.53. The lowest BCUT2D eigenvalue weighted by atomic mass is 10.1. The van der Waals surface area contributed by atoms with Gasteiger partial charge in [-0.1, -0.05) is 11.6 Å². The molecule has 1 aromatic rings. The van der Waals surface area contributed by atoms with Crippen LogP contribution in [0.5, 0.6) is 0 Å². The highest BCUT2D eigenvalue weighted by Crippen LogP contribution is 2.29. The number of rotatable bonds is 2. The largest absolute Gasteiger partial charge is 0.337 e. The SMILES string of the molecule is CC(C(=O)N1CCNC[C@@H]1C)c1ccc(Cl)s1.Cl. The van der Waals surface area contributed by atoms with Crippen molar-refractivity contribution in [1.29, 1.82) is 0 Å². The average molecular weight is 309 g/mol. The lowest BCUT2D eigenvalue weighted by Gasteiger charge is -2.35. The van der Waals surface area contributed by atoms with Crippen molar-refractivity contribution in [3.05, 3.63) is 21.3 Å². The molecule has 1 saturated heterocycles. The van der Waals surface area contributed by atoms with Crippen molar-refractivity contribution in [2.45, 2.75) is 25.8 Å². The van der Waals surface area contributed by atoms with Gasteiger partial charge in [0, 0.05) is 30.6 Å². The van der Waals surface area contributed by atoms with Crippen LogP contribution in [-0.4, -0.2) is 36.5 Å². The zero-order valence-electron chi connectivity index (χ0n) is 10.5. The third kappa shape index (κ3) is 3.38. The molecule has 0 saturated carbocycles. The van der Waals surface area contributed by atoms with E-state index in [-0.39, 0.29) is 30.3 Å². The molecule has 3 nitrogen and oxygen atoms in total. The summed E-state index contributed by atoms with van der Waals surface area (Å²) in [4.78, 5) is 15.4. The summed E-state index contributed by atoms with van der Waals surface area (Å²) in [6.45, 7) is 6.60. The molecule has 1 fully saturated rings. The number of piperazine rings is 1. The van der Waals surface area contributed by atoms with Gasteiger partial charge in [0.1, 0.15) is 0 Å². The van der Waals surface area contributed by atoms with E-state index in [0.29, 0.717) is 0 Å². The van der Waals surface area contributed by atoms with Crippen molar-refractivity contribution in [1.82, 2.24) is 10.2 Å². The molecule has 0 spiro atoms. The summed E-state index contributed by atoms with van der Waals surface area (Å²) in [5.74, 6) is 0.116. The maximum absolute atomic E-state index is 12.4. The molecule has 2 rings (SSSR count). The van der Waals surface area contributed by atoms with Crippen LogP contribution in [0.1, 0.15) is 24.6 Å². The maximum atomic E-state index is 12.4. The summed E-state index contributed by atoms with van der Waals surface area (Å²) in [5.41, 5.74) is 0. The molecule has 6 heteroatoms. The van der Waals surface area contributed by atoms with Crippen molar-refractivity contribution < 1.29 is 4.79 Å². The van der Waals surface area contributed by atoms with Crippen molar-refractivity contribution in [2.75, 3.05) is 19.6 Å². The molecule has 1 aromatic heterocycles. The highest BCUT2D eigenvalue weighted by Gasteiger charge is 2.28. The van der Waals surface area contributed by atoms with Gasteiger partial charge in [0.15, 0.2) is 0 Å². The molecule has 1 aliphatic heterocycles. The van der Waals surface area contributed by atoms with E-state index in [1.807, 2.05) is 24.0 Å². The number of halogens is 2. The van der Waals surface area contributed by atoms with Gasteiger partial charge in [0.25, 0.3) is 0 Å². The molecule has 1 aliphatic rings. The molecule has 0 aromatic carbocycles. The second-order valence-electron chi connectivity index (χ2n) is 4.45. The summed E-state index contributed by atoms with van der Waals surface area (Å²) >= 11 is 7.40. The Morgan fingerprint density at radius 1 is 1.61 bits per heavy atom. The molecule has 0 radical (unpaired) electrons. The van der Waals surface area contributed by atoms with Gasteiger partial charge in [-0.15, -0.1) is 23.7 Å². The van der Waals surface area contributed by atoms with Gasteiger partial charge in [0.05, 0.1) is 10.3 Å². The number of hydrogen-bond donors (Lipinski definition) is 1. The number of hydrogen-bond acceptors (Lipinski definition) is 3. The van der Waals surface area contributed by atoms with Crippen molar-refractivity contribution in [2.24, 2.45) is 0 Å². The summed E-state index contributed by atoms with van der Waals surface area (Å²) in [5, 5.41) is 3.29. The van der Waals surface area contributed by atoms with Crippen LogP contribution in [0.2, 0.25) is 4.34 Å². The zero-order chi connectivity index (χ0) is 12.4. The second-order valence-corrected chi connectivity index (χ2v) is 6.20. The minimum Gasteiger partial charge on any atom is -0.337 e. The second kappa shape index (κ2) is 6.75. The van der Waals surface area contributed by atoms with Gasteiger partial charge in [0.2, 0.25) is 5.91 Å². The third-order valence-electron chi connectivity index (χ3n) is 3.18. The molecule has 2 heterocycles. The average Bonchev–Trinajstić information content (AvgIpc) is 2.75. The molecule has 18 heavy (non-hydrogen) atoms. The first kappa shape index (κ1) is 15.8. The third-order valence-corrected chi connectivity index (χ3v) is 4.59. The standard InChI is InChI=1S/C12H17ClN2OS.ClH/c1-8-7-14-5-6-15(8)12(16)9(2)10-3-4-11(13)17-10;/h3-4,8-9,14H,5-7H2,1-2H3;1H/t8-,9?;/m0./s1. The van der Waals surface area contributed by atoms with Crippen LogP contribution < -0.4 is 5.32 Å². The minimum absolute atomic E-state index is 0. The van der Waals surface area contributed by atoms with Gasteiger partial charge >= 0.3 is 0 Å². The van der Waals surface area contributed by atoms with E-state index in [1.165, 1.54) is 11.3 Å². The summed E-state index contributed by atoms with van der Waals surface area (Å²) in [7, 11) is 0. The van der Waals surface area contributed by atoms with Crippen LogP contribution in [0.15, 0.2) is 12.1 Å². The number of carbonyl (C=O) groups is 1. The molecule has 1 N–H and O–H groups in total. The van der Waals surface area contributed by atoms with E-state index in [0.717, 1.165) is 28.8 Å². The Kier molecular flexibility index (Phi) is 5.92. The first-order valence-corrected chi connectivity index (χ1v) is 7.05. The summed E-state index contributed by atoms with van der Waals surface area (Å²) in [6, 6.07) is 4.07. The van der Waals surface area contributed by atoms with E-state index >= 15 is 0 Å². The molecule has 2 atom stereocenters. The Balaban J connectivity index is 0.00000162. The normalized spacial score (nSPS) is 21.3. The predicted octanol–water partition coefficient (Wildman–Crippen LogP) is 2.75. The summed E-state index contributed by atoms with van der Waals surface area (Å²) in [6.07, 6.45) is 0. The molecule has 1 unspecified atom stereocenters. The van der Waals surface area contributed by atoms with Gasteiger partial charge in [-0.3, -0.25) is 4.79 Å². The van der Waals surface area contributed by atoms with Gasteiger partial charge in [-0.05, 0) is 26.0 Å². The number of amides is 1. The molecular formula is C12H18Cl2N2OS. The Morgan fingerprint density at radius 3 is 2.89 bits per heavy atom. The van der Waals surface area contributed by atoms with Crippen molar-refractivity contribution >= 4 is 41.3 Å². The Morgan fingerprint density at radius 2 is 2.33 bits per heavy atom. The molecule has 0 bridgehead atoms. The Labute approximate surface area is 123 Å². The van der Waals surface area contributed by atoms with Crippen LogP contribution >= 0.6 is 35.3 Å². The number of thiophene rings is 1. The topological polar surface area (TPSA) is 32.3 Å². The first-order valence-electron chi connectivity index (χ1n) is 5.86. The molecule has 102 valence electrons. The van der Waals surface area contributed by atoms with Gasteiger partial charge < -0.3 is 10.2 Å². The first-order chi connectivity index (χ1) is 8.09. The fourth-order valence-electron chi connectivity index (χ4n) is 2.10. The van der Waals surface area contributed by atoms with E-state index in [9.17, 15) is 4.79 Å². The Bertz CT molecular complexity index is 411. The highest BCUT2D eigenvalue weighted by atomic mass is 35.5. The van der Waals surface area contributed by atoms with E-state index in [2.05, 4.69) is 12.2 Å². The maximum Gasteiger partial charge on any atom is 0.230 e. The number of nitrogens with one attached hydrogen (secondary N) is 1. The van der Waals surface area contributed by atoms with Crippen LogP contribution in [0.3, 0.4) is 0 Å². The molecular weight excluding hydrogens is 291 g/mol. The predicted molar refractivity (Wildman–Crippen MR) is 79.0 cm³/mol. The number of carbonyl (C=O) groups excluding carboxylic acids is 1. The lowest BCUT2D eigenvalue weighted by molar-refractivity contribution is -0.135. The minimum atomic E-state index is -0.0898. The van der Waals surface area contributed by atoms with E-state index in [4.69, 9.17) is 11.6 Å². The van der Waals surface area contributed by atoms with Crippen LogP contribution in [0, 0.1) is 0 Å². The fourth-order valence-corrected chi connectivity index (χ4v) is 3.21. The van der Waals surface area contributed by atoms with Crippen LogP contribution in [0.4, 0.5) is 0 Å². The van der Waals surface area contributed by atoms with Gasteiger partial charge in [-0.25, -0.2) is 0 Å². The van der Waals surface area contributed by atoms with Crippen LogP contribution in [-0.2, 0) is 4.79 Å². The fraction of sp³-hybridized carbons (Fsp3) is 0.583. The van der Waals surface area contributed by atoms with Crippen molar-refractivity contribution in [3.8, 4) is 0 Å². The number of nitrogens with zero attached hydrogens (tertiary/aromatic N) is 1. The molecule has 0 aliphatic carbocycles. The van der Waals surface area contributed by atoms with Crippen molar-refractivity contribution in [3.63, 3.8) is 0 Å². The van der Waals surface area contributed by atoms with E-state index < -0.39 is 0 Å². The monoisotopic (exact) mass is 308 g/mol. The van der Waals surface area contributed by atoms with E-state index in [1.54, 1.807) is 0 Å². The quantitative estimate of drug-likeness (QED) is 0.911. The zero-order valence-corrected chi connectivity index (χ0v) is 12.9. The van der Waals surface area contributed by atoms with Gasteiger partial charge in [-0.2, -0.15) is 0 Å². The van der Waals surface area contributed by atoms with Crippen LogP contribution in [0.25, 0.3) is 0 Å². The smallest absolute Gasteiger partial charge is 0.230 e. The highest BCUT2D eigenvalue weighted by molar-refractivity contribution is 7.16.